The normalized spacial score (nSPS) is 17.1. The first-order chi connectivity index (χ1) is 12.1. The Bertz CT molecular complexity index is 851. The monoisotopic (exact) mass is 361 g/mol. The Morgan fingerprint density at radius 3 is 2.96 bits per heavy atom. The van der Waals surface area contributed by atoms with E-state index in [9.17, 15) is 14.4 Å². The van der Waals surface area contributed by atoms with Gasteiger partial charge in [0.05, 0.1) is 16.7 Å². The number of aliphatic carboxylic acids is 1. The third-order valence-electron chi connectivity index (χ3n) is 4.22. The SMILES string of the molecule is O=C(O)[C@@H]1CCCN1C(=O)CCSCc1nc2ccccc2c(=O)[nH]1. The molecule has 1 aliphatic rings. The lowest BCUT2D eigenvalue weighted by Crippen LogP contribution is -2.40. The standard InChI is InChI=1S/C17H19N3O4S/c21-15(20-8-3-6-13(20)17(23)24)7-9-25-10-14-18-12-5-2-1-4-11(12)16(22)19-14/h1-2,4-5,13H,3,6-10H2,(H,23,24)(H,18,19,22)/t13-/m0/s1. The van der Waals surface area contributed by atoms with Crippen molar-refractivity contribution in [2.24, 2.45) is 0 Å². The predicted molar refractivity (Wildman–Crippen MR) is 95.5 cm³/mol. The van der Waals surface area contributed by atoms with Crippen LogP contribution in [0.4, 0.5) is 0 Å². The quantitative estimate of drug-likeness (QED) is 0.758. The van der Waals surface area contributed by atoms with Gasteiger partial charge in [-0.25, -0.2) is 9.78 Å². The zero-order valence-corrected chi connectivity index (χ0v) is 14.4. The second-order valence-electron chi connectivity index (χ2n) is 5.92. The molecular weight excluding hydrogens is 342 g/mol. The average molecular weight is 361 g/mol. The molecule has 1 aromatic carbocycles. The van der Waals surface area contributed by atoms with Crippen LogP contribution < -0.4 is 5.56 Å². The van der Waals surface area contributed by atoms with E-state index in [2.05, 4.69) is 9.97 Å². The molecule has 1 amide bonds. The van der Waals surface area contributed by atoms with E-state index in [4.69, 9.17) is 5.11 Å². The lowest BCUT2D eigenvalue weighted by atomic mass is 10.2. The largest absolute Gasteiger partial charge is 0.480 e. The van der Waals surface area contributed by atoms with E-state index < -0.39 is 12.0 Å². The second-order valence-corrected chi connectivity index (χ2v) is 7.02. The van der Waals surface area contributed by atoms with Crippen molar-refractivity contribution < 1.29 is 14.7 Å². The van der Waals surface area contributed by atoms with Gasteiger partial charge in [0.2, 0.25) is 5.91 Å². The Morgan fingerprint density at radius 1 is 1.36 bits per heavy atom. The Balaban J connectivity index is 1.52. The third kappa shape index (κ3) is 4.01. The maximum atomic E-state index is 12.2. The minimum Gasteiger partial charge on any atom is -0.480 e. The number of nitrogens with one attached hydrogen (secondary N) is 1. The first-order valence-electron chi connectivity index (χ1n) is 8.14. The van der Waals surface area contributed by atoms with Gasteiger partial charge in [-0.2, -0.15) is 11.8 Å². The summed E-state index contributed by atoms with van der Waals surface area (Å²) < 4.78 is 0. The van der Waals surface area contributed by atoms with Crippen molar-refractivity contribution >= 4 is 34.5 Å². The van der Waals surface area contributed by atoms with Gasteiger partial charge in [0.1, 0.15) is 11.9 Å². The van der Waals surface area contributed by atoms with Gasteiger partial charge in [-0.05, 0) is 25.0 Å². The summed E-state index contributed by atoms with van der Waals surface area (Å²) >= 11 is 1.49. The average Bonchev–Trinajstić information content (AvgIpc) is 3.09. The predicted octanol–water partition coefficient (Wildman–Crippen LogP) is 1.62. The number of carboxylic acid groups (broad SMARTS) is 1. The fraction of sp³-hybridized carbons (Fsp3) is 0.412. The molecular formula is C17H19N3O4S. The molecule has 0 aliphatic carbocycles. The van der Waals surface area contributed by atoms with E-state index in [1.165, 1.54) is 16.7 Å². The van der Waals surface area contributed by atoms with Crippen molar-refractivity contribution in [3.05, 3.63) is 40.4 Å². The smallest absolute Gasteiger partial charge is 0.326 e. The minimum atomic E-state index is -0.934. The van der Waals surface area contributed by atoms with E-state index in [1.54, 1.807) is 18.2 Å². The number of benzene rings is 1. The molecule has 3 rings (SSSR count). The highest BCUT2D eigenvalue weighted by Gasteiger charge is 2.33. The lowest BCUT2D eigenvalue weighted by molar-refractivity contribution is -0.148. The van der Waals surface area contributed by atoms with Gasteiger partial charge in [0.25, 0.3) is 5.56 Å². The molecule has 1 aromatic heterocycles. The lowest BCUT2D eigenvalue weighted by Gasteiger charge is -2.21. The third-order valence-corrected chi connectivity index (χ3v) is 5.19. The molecule has 132 valence electrons. The molecule has 1 saturated heterocycles. The first-order valence-corrected chi connectivity index (χ1v) is 9.29. The number of aromatic nitrogens is 2. The number of hydrogen-bond donors (Lipinski definition) is 2. The van der Waals surface area contributed by atoms with Crippen molar-refractivity contribution in [2.45, 2.75) is 31.1 Å². The molecule has 1 atom stereocenters. The van der Waals surface area contributed by atoms with Crippen LogP contribution in [-0.4, -0.2) is 50.2 Å². The molecule has 2 N–H and O–H groups in total. The van der Waals surface area contributed by atoms with Crippen LogP contribution in [0.25, 0.3) is 10.9 Å². The highest BCUT2D eigenvalue weighted by atomic mass is 32.2. The van der Waals surface area contributed by atoms with Gasteiger partial charge in [0.15, 0.2) is 0 Å². The van der Waals surface area contributed by atoms with Crippen LogP contribution in [0.15, 0.2) is 29.1 Å². The molecule has 2 aromatic rings. The Kier molecular flexibility index (Phi) is 5.37. The van der Waals surface area contributed by atoms with Crippen LogP contribution in [0.5, 0.6) is 0 Å². The molecule has 2 heterocycles. The summed E-state index contributed by atoms with van der Waals surface area (Å²) in [6, 6.07) is 6.46. The number of carbonyl (C=O) groups is 2. The number of aromatic amines is 1. The number of thioether (sulfide) groups is 1. The summed E-state index contributed by atoms with van der Waals surface area (Å²) in [5, 5.41) is 9.68. The van der Waals surface area contributed by atoms with Crippen LogP contribution in [0, 0.1) is 0 Å². The highest BCUT2D eigenvalue weighted by Crippen LogP contribution is 2.20. The number of amides is 1. The van der Waals surface area contributed by atoms with Gasteiger partial charge in [-0.3, -0.25) is 9.59 Å². The molecule has 1 fully saturated rings. The number of carbonyl (C=O) groups excluding carboxylic acids is 1. The highest BCUT2D eigenvalue weighted by molar-refractivity contribution is 7.98. The summed E-state index contributed by atoms with van der Waals surface area (Å²) in [5.74, 6) is 0.563. The van der Waals surface area contributed by atoms with Crippen LogP contribution in [-0.2, 0) is 15.3 Å². The zero-order chi connectivity index (χ0) is 17.8. The molecule has 7 nitrogen and oxygen atoms in total. The number of para-hydroxylation sites is 1. The summed E-state index contributed by atoms with van der Waals surface area (Å²) in [4.78, 5) is 43.9. The fourth-order valence-electron chi connectivity index (χ4n) is 3.00. The van der Waals surface area contributed by atoms with E-state index in [-0.39, 0.29) is 17.9 Å². The number of likely N-dealkylation sites (tertiary alicyclic amines) is 1. The fourth-order valence-corrected chi connectivity index (χ4v) is 3.79. The van der Waals surface area contributed by atoms with Crippen molar-refractivity contribution in [2.75, 3.05) is 12.3 Å². The number of carboxylic acids is 1. The van der Waals surface area contributed by atoms with Crippen LogP contribution >= 0.6 is 11.8 Å². The number of fused-ring (bicyclic) bond motifs is 1. The molecule has 0 spiro atoms. The molecule has 8 heteroatoms. The summed E-state index contributed by atoms with van der Waals surface area (Å²) in [6.07, 6.45) is 1.54. The number of H-pyrrole nitrogens is 1. The van der Waals surface area contributed by atoms with Crippen molar-refractivity contribution in [1.29, 1.82) is 0 Å². The van der Waals surface area contributed by atoms with Crippen molar-refractivity contribution in [1.82, 2.24) is 14.9 Å². The van der Waals surface area contributed by atoms with E-state index >= 15 is 0 Å². The van der Waals surface area contributed by atoms with Gasteiger partial charge in [-0.1, -0.05) is 12.1 Å². The number of rotatable bonds is 6. The second kappa shape index (κ2) is 7.69. The van der Waals surface area contributed by atoms with E-state index in [0.717, 1.165) is 6.42 Å². The minimum absolute atomic E-state index is 0.127. The number of nitrogens with zero attached hydrogens (tertiary/aromatic N) is 2. The maximum Gasteiger partial charge on any atom is 0.326 e. The first kappa shape index (κ1) is 17.5. The summed E-state index contributed by atoms with van der Waals surface area (Å²) in [7, 11) is 0. The van der Waals surface area contributed by atoms with E-state index in [1.807, 2.05) is 6.07 Å². The van der Waals surface area contributed by atoms with Gasteiger partial charge in [0, 0.05) is 18.7 Å². The van der Waals surface area contributed by atoms with Crippen molar-refractivity contribution in [3.63, 3.8) is 0 Å². The Morgan fingerprint density at radius 2 is 2.16 bits per heavy atom. The molecule has 0 unspecified atom stereocenters. The molecule has 0 saturated carbocycles. The summed E-state index contributed by atoms with van der Waals surface area (Å²) in [5.41, 5.74) is 0.484. The van der Waals surface area contributed by atoms with Crippen molar-refractivity contribution in [3.8, 4) is 0 Å². The van der Waals surface area contributed by atoms with E-state index in [0.29, 0.717) is 41.2 Å². The topological polar surface area (TPSA) is 103 Å². The van der Waals surface area contributed by atoms with Crippen LogP contribution in [0.1, 0.15) is 25.1 Å². The Labute approximate surface area is 148 Å². The summed E-state index contributed by atoms with van der Waals surface area (Å²) in [6.45, 7) is 0.514. The molecule has 1 aliphatic heterocycles. The Hall–Kier alpha value is -2.35. The van der Waals surface area contributed by atoms with Gasteiger partial charge < -0.3 is 15.0 Å². The van der Waals surface area contributed by atoms with Crippen LogP contribution in [0.3, 0.4) is 0 Å². The maximum absolute atomic E-state index is 12.2. The van der Waals surface area contributed by atoms with Gasteiger partial charge in [-0.15, -0.1) is 0 Å². The molecule has 25 heavy (non-hydrogen) atoms. The number of hydrogen-bond acceptors (Lipinski definition) is 5. The molecule has 0 radical (unpaired) electrons. The van der Waals surface area contributed by atoms with Gasteiger partial charge >= 0.3 is 5.97 Å². The van der Waals surface area contributed by atoms with Crippen LogP contribution in [0.2, 0.25) is 0 Å². The zero-order valence-electron chi connectivity index (χ0n) is 13.6. The molecule has 0 bridgehead atoms.